The normalized spacial score (nSPS) is 10.2. The van der Waals surface area contributed by atoms with Gasteiger partial charge >= 0.3 is 5.97 Å². The predicted molar refractivity (Wildman–Crippen MR) is 76.3 cm³/mol. The smallest absolute Gasteiger partial charge is 0.335 e. The molecule has 0 unspecified atom stereocenters. The van der Waals surface area contributed by atoms with Crippen LogP contribution in [0.2, 0.25) is 5.02 Å². The molecule has 0 spiro atoms. The second-order valence-electron chi connectivity index (χ2n) is 4.26. The molecule has 108 valence electrons. The Labute approximate surface area is 124 Å². The molecule has 0 radical (unpaired) electrons. The summed E-state index contributed by atoms with van der Waals surface area (Å²) < 4.78 is 5.56. The second kappa shape index (κ2) is 5.80. The number of nitrogens with zero attached hydrogens (tertiary/aromatic N) is 1. The third kappa shape index (κ3) is 3.29. The zero-order valence-corrected chi connectivity index (χ0v) is 11.6. The average molecular weight is 308 g/mol. The number of carboxylic acids is 1. The number of carboxylic acid groups (broad SMARTS) is 1. The van der Waals surface area contributed by atoms with Crippen LogP contribution < -0.4 is 4.74 Å². The van der Waals surface area contributed by atoms with Crippen molar-refractivity contribution in [2.75, 3.05) is 0 Å². The van der Waals surface area contributed by atoms with Crippen molar-refractivity contribution in [3.8, 4) is 11.5 Å². The Hall–Kier alpha value is -2.60. The lowest BCUT2D eigenvalue weighted by Gasteiger charge is -2.09. The highest BCUT2D eigenvalue weighted by atomic mass is 35.5. The molecule has 0 bridgehead atoms. The van der Waals surface area contributed by atoms with Crippen LogP contribution in [-0.4, -0.2) is 16.0 Å². The van der Waals surface area contributed by atoms with E-state index < -0.39 is 10.9 Å². The van der Waals surface area contributed by atoms with Gasteiger partial charge in [-0.05, 0) is 36.8 Å². The lowest BCUT2D eigenvalue weighted by molar-refractivity contribution is -0.384. The van der Waals surface area contributed by atoms with Crippen LogP contribution in [0.4, 0.5) is 5.69 Å². The van der Waals surface area contributed by atoms with E-state index in [-0.39, 0.29) is 16.3 Å². The van der Waals surface area contributed by atoms with E-state index in [9.17, 15) is 14.9 Å². The van der Waals surface area contributed by atoms with E-state index >= 15 is 0 Å². The highest BCUT2D eigenvalue weighted by molar-refractivity contribution is 6.32. The van der Waals surface area contributed by atoms with Gasteiger partial charge in [-0.2, -0.15) is 0 Å². The van der Waals surface area contributed by atoms with Crippen LogP contribution >= 0.6 is 11.6 Å². The number of hydrogen-bond donors (Lipinski definition) is 1. The molecule has 0 saturated carbocycles. The van der Waals surface area contributed by atoms with Crippen LogP contribution in [0.1, 0.15) is 15.9 Å². The number of hydrogen-bond acceptors (Lipinski definition) is 4. The molecular weight excluding hydrogens is 298 g/mol. The summed E-state index contributed by atoms with van der Waals surface area (Å²) in [7, 11) is 0. The van der Waals surface area contributed by atoms with E-state index in [0.29, 0.717) is 17.1 Å². The van der Waals surface area contributed by atoms with Crippen molar-refractivity contribution in [3.63, 3.8) is 0 Å². The third-order valence-electron chi connectivity index (χ3n) is 2.77. The van der Waals surface area contributed by atoms with Crippen LogP contribution in [-0.2, 0) is 0 Å². The molecule has 0 heterocycles. The minimum absolute atomic E-state index is 0.0252. The van der Waals surface area contributed by atoms with Gasteiger partial charge in [-0.25, -0.2) is 4.79 Å². The van der Waals surface area contributed by atoms with Crippen LogP contribution in [0.5, 0.6) is 11.5 Å². The first-order valence-electron chi connectivity index (χ1n) is 5.84. The van der Waals surface area contributed by atoms with Crippen LogP contribution in [0, 0.1) is 17.0 Å². The van der Waals surface area contributed by atoms with Gasteiger partial charge in [0.05, 0.1) is 10.5 Å². The third-order valence-corrected chi connectivity index (χ3v) is 3.07. The van der Waals surface area contributed by atoms with Crippen LogP contribution in [0.25, 0.3) is 0 Å². The molecule has 2 aromatic carbocycles. The standard InChI is InChI=1S/C14H10ClNO5/c1-8-6-12(16(19)20)11(15)7-13(8)21-10-4-2-9(3-5-10)14(17)18/h2-7H,1H3,(H,17,18). The van der Waals surface area contributed by atoms with Gasteiger partial charge in [-0.1, -0.05) is 11.6 Å². The number of aryl methyl sites for hydroxylation is 1. The maximum Gasteiger partial charge on any atom is 0.335 e. The van der Waals surface area contributed by atoms with E-state index in [1.165, 1.54) is 36.4 Å². The molecular formula is C14H10ClNO5. The fraction of sp³-hybridized carbons (Fsp3) is 0.0714. The fourth-order valence-electron chi connectivity index (χ4n) is 1.69. The molecule has 1 N–H and O–H groups in total. The number of benzene rings is 2. The summed E-state index contributed by atoms with van der Waals surface area (Å²) in [6.45, 7) is 1.66. The number of nitro groups is 1. The van der Waals surface area contributed by atoms with Crippen molar-refractivity contribution in [2.45, 2.75) is 6.92 Å². The Bertz CT molecular complexity index is 712. The Morgan fingerprint density at radius 2 is 1.90 bits per heavy atom. The van der Waals surface area contributed by atoms with Gasteiger partial charge in [0.25, 0.3) is 5.69 Å². The Morgan fingerprint density at radius 1 is 1.29 bits per heavy atom. The Kier molecular flexibility index (Phi) is 4.09. The quantitative estimate of drug-likeness (QED) is 0.680. The zero-order valence-electron chi connectivity index (χ0n) is 10.9. The molecule has 2 aromatic rings. The van der Waals surface area contributed by atoms with Gasteiger partial charge < -0.3 is 9.84 Å². The van der Waals surface area contributed by atoms with Crippen molar-refractivity contribution in [3.05, 3.63) is 62.7 Å². The summed E-state index contributed by atoms with van der Waals surface area (Å²) in [6.07, 6.45) is 0. The van der Waals surface area contributed by atoms with Crippen molar-refractivity contribution < 1.29 is 19.6 Å². The topological polar surface area (TPSA) is 89.7 Å². The molecule has 6 nitrogen and oxygen atoms in total. The predicted octanol–water partition coefficient (Wildman–Crippen LogP) is 4.05. The molecule has 0 amide bonds. The minimum Gasteiger partial charge on any atom is -0.478 e. The van der Waals surface area contributed by atoms with Crippen molar-refractivity contribution in [2.24, 2.45) is 0 Å². The molecule has 2 rings (SSSR count). The molecule has 0 aromatic heterocycles. The minimum atomic E-state index is -1.03. The number of nitro benzene ring substituents is 1. The van der Waals surface area contributed by atoms with Crippen LogP contribution in [0.3, 0.4) is 0 Å². The summed E-state index contributed by atoms with van der Waals surface area (Å²) in [5.41, 5.74) is 0.497. The molecule has 0 fully saturated rings. The Morgan fingerprint density at radius 3 is 2.43 bits per heavy atom. The van der Waals surface area contributed by atoms with E-state index in [1.807, 2.05) is 0 Å². The van der Waals surface area contributed by atoms with Gasteiger partial charge in [0.15, 0.2) is 0 Å². The lowest BCUT2D eigenvalue weighted by atomic mass is 10.2. The fourth-order valence-corrected chi connectivity index (χ4v) is 1.91. The van der Waals surface area contributed by atoms with Gasteiger partial charge in [-0.15, -0.1) is 0 Å². The van der Waals surface area contributed by atoms with E-state index in [4.69, 9.17) is 21.4 Å². The number of halogens is 1. The highest BCUT2D eigenvalue weighted by Gasteiger charge is 2.16. The van der Waals surface area contributed by atoms with E-state index in [1.54, 1.807) is 6.92 Å². The number of carbonyl (C=O) groups is 1. The first kappa shape index (κ1) is 14.8. The summed E-state index contributed by atoms with van der Waals surface area (Å²) >= 11 is 5.83. The molecule has 7 heteroatoms. The van der Waals surface area contributed by atoms with Gasteiger partial charge in [0.1, 0.15) is 16.5 Å². The maximum atomic E-state index is 10.8. The van der Waals surface area contributed by atoms with Gasteiger partial charge in [0, 0.05) is 12.1 Å². The first-order chi connectivity index (χ1) is 9.88. The number of ether oxygens (including phenoxy) is 1. The van der Waals surface area contributed by atoms with Crippen LogP contribution in [0.15, 0.2) is 36.4 Å². The summed E-state index contributed by atoms with van der Waals surface area (Å²) in [5, 5.41) is 19.6. The largest absolute Gasteiger partial charge is 0.478 e. The molecule has 0 saturated heterocycles. The van der Waals surface area contributed by atoms with Gasteiger partial charge in [0.2, 0.25) is 0 Å². The molecule has 21 heavy (non-hydrogen) atoms. The zero-order chi connectivity index (χ0) is 15.6. The summed E-state index contributed by atoms with van der Waals surface area (Å²) in [4.78, 5) is 20.9. The lowest BCUT2D eigenvalue weighted by Crippen LogP contribution is -1.96. The first-order valence-corrected chi connectivity index (χ1v) is 6.22. The Balaban J connectivity index is 2.29. The monoisotopic (exact) mass is 307 g/mol. The van der Waals surface area contributed by atoms with E-state index in [2.05, 4.69) is 0 Å². The van der Waals surface area contributed by atoms with Crippen molar-refractivity contribution in [1.29, 1.82) is 0 Å². The summed E-state index contributed by atoms with van der Waals surface area (Å²) in [5.74, 6) is -0.252. The summed E-state index contributed by atoms with van der Waals surface area (Å²) in [6, 6.07) is 8.49. The maximum absolute atomic E-state index is 10.8. The molecule has 0 aliphatic carbocycles. The van der Waals surface area contributed by atoms with Crippen molar-refractivity contribution in [1.82, 2.24) is 0 Å². The molecule has 0 aliphatic heterocycles. The number of rotatable bonds is 4. The highest BCUT2D eigenvalue weighted by Crippen LogP contribution is 2.34. The van der Waals surface area contributed by atoms with Crippen molar-refractivity contribution >= 4 is 23.3 Å². The van der Waals surface area contributed by atoms with Gasteiger partial charge in [-0.3, -0.25) is 10.1 Å². The average Bonchev–Trinajstić information content (AvgIpc) is 2.42. The number of aromatic carboxylic acids is 1. The second-order valence-corrected chi connectivity index (χ2v) is 4.67. The molecule has 0 atom stereocenters. The SMILES string of the molecule is Cc1cc([N+](=O)[O-])c(Cl)cc1Oc1ccc(C(=O)O)cc1. The van der Waals surface area contributed by atoms with E-state index in [0.717, 1.165) is 0 Å². The molecule has 0 aliphatic rings.